The van der Waals surface area contributed by atoms with Crippen LogP contribution in [0.15, 0.2) is 24.3 Å². The van der Waals surface area contributed by atoms with E-state index in [9.17, 15) is 4.79 Å². The highest BCUT2D eigenvalue weighted by Gasteiger charge is 2.24. The lowest BCUT2D eigenvalue weighted by Crippen LogP contribution is -2.35. The van der Waals surface area contributed by atoms with E-state index >= 15 is 0 Å². The predicted molar refractivity (Wildman–Crippen MR) is 84.1 cm³/mol. The maximum atomic E-state index is 12.0. The average molecular weight is 294 g/mol. The van der Waals surface area contributed by atoms with E-state index in [4.69, 9.17) is 11.6 Å². The Labute approximate surface area is 126 Å². The molecule has 2 atom stereocenters. The molecular formula is C17H24ClNO. The van der Waals surface area contributed by atoms with Crippen molar-refractivity contribution in [3.8, 4) is 0 Å². The fourth-order valence-corrected chi connectivity index (χ4v) is 3.36. The summed E-state index contributed by atoms with van der Waals surface area (Å²) in [5, 5.41) is 3.08. The molecular weight excluding hydrogens is 270 g/mol. The molecule has 2 unspecified atom stereocenters. The molecule has 3 heteroatoms. The number of aryl methyl sites for hydroxylation is 1. The lowest BCUT2D eigenvalue weighted by Gasteiger charge is -2.30. The van der Waals surface area contributed by atoms with E-state index in [2.05, 4.69) is 12.2 Å². The van der Waals surface area contributed by atoms with Crippen molar-refractivity contribution in [2.75, 3.05) is 12.4 Å². The maximum absolute atomic E-state index is 12.0. The van der Waals surface area contributed by atoms with E-state index in [0.29, 0.717) is 18.3 Å². The van der Waals surface area contributed by atoms with Crippen LogP contribution >= 0.6 is 11.6 Å². The maximum Gasteiger partial charge on any atom is 0.224 e. The monoisotopic (exact) mass is 293 g/mol. The molecule has 1 aliphatic carbocycles. The van der Waals surface area contributed by atoms with E-state index < -0.39 is 0 Å². The zero-order valence-electron chi connectivity index (χ0n) is 12.2. The van der Waals surface area contributed by atoms with Gasteiger partial charge in [-0.2, -0.15) is 0 Å². The van der Waals surface area contributed by atoms with Gasteiger partial charge in [-0.25, -0.2) is 0 Å². The molecule has 0 radical (unpaired) electrons. The van der Waals surface area contributed by atoms with Crippen LogP contribution in [-0.4, -0.2) is 18.3 Å². The largest absolute Gasteiger partial charge is 0.356 e. The third-order valence-corrected chi connectivity index (χ3v) is 4.71. The fraction of sp³-hybridized carbons (Fsp3) is 0.588. The van der Waals surface area contributed by atoms with E-state index in [1.54, 1.807) is 0 Å². The van der Waals surface area contributed by atoms with Gasteiger partial charge in [-0.05, 0) is 37.2 Å². The molecule has 0 aromatic heterocycles. The van der Waals surface area contributed by atoms with E-state index in [1.807, 2.05) is 24.3 Å². The van der Waals surface area contributed by atoms with Gasteiger partial charge in [0.05, 0.1) is 6.42 Å². The van der Waals surface area contributed by atoms with Gasteiger partial charge in [-0.3, -0.25) is 4.79 Å². The number of benzene rings is 1. The molecule has 0 heterocycles. The quantitative estimate of drug-likeness (QED) is 0.824. The zero-order chi connectivity index (χ0) is 14.4. The third-order valence-electron chi connectivity index (χ3n) is 4.31. The molecule has 1 fully saturated rings. The second-order valence-corrected chi connectivity index (χ2v) is 6.23. The van der Waals surface area contributed by atoms with Gasteiger partial charge in [-0.1, -0.05) is 42.7 Å². The van der Waals surface area contributed by atoms with Crippen molar-refractivity contribution >= 4 is 17.5 Å². The Balaban J connectivity index is 1.78. The summed E-state index contributed by atoms with van der Waals surface area (Å²) in [5.74, 6) is 1.97. The summed E-state index contributed by atoms with van der Waals surface area (Å²) < 4.78 is 0. The highest BCUT2D eigenvalue weighted by atomic mass is 35.5. The Kier molecular flexibility index (Phi) is 5.90. The smallest absolute Gasteiger partial charge is 0.224 e. The number of amides is 1. The van der Waals surface area contributed by atoms with Gasteiger partial charge in [0.1, 0.15) is 0 Å². The minimum Gasteiger partial charge on any atom is -0.356 e. The van der Waals surface area contributed by atoms with Gasteiger partial charge < -0.3 is 5.32 Å². The molecule has 0 spiro atoms. The predicted octanol–water partition coefficient (Wildman–Crippen LogP) is 3.70. The number of nitrogens with one attached hydrogen (secondary N) is 1. The summed E-state index contributed by atoms with van der Waals surface area (Å²) in [6, 6.07) is 8.15. The Morgan fingerprint density at radius 3 is 2.50 bits per heavy atom. The van der Waals surface area contributed by atoms with Crippen molar-refractivity contribution in [2.24, 2.45) is 11.8 Å². The number of alkyl halides is 1. The first-order valence-corrected chi connectivity index (χ1v) is 8.10. The van der Waals surface area contributed by atoms with Crippen LogP contribution in [0.25, 0.3) is 0 Å². The van der Waals surface area contributed by atoms with Crippen molar-refractivity contribution in [3.05, 3.63) is 35.4 Å². The molecule has 20 heavy (non-hydrogen) atoms. The minimum atomic E-state index is 0.118. The third kappa shape index (κ3) is 4.52. The summed E-state index contributed by atoms with van der Waals surface area (Å²) >= 11 is 6.02. The van der Waals surface area contributed by atoms with Crippen LogP contribution in [0.2, 0.25) is 0 Å². The molecule has 1 aromatic rings. The fourth-order valence-electron chi connectivity index (χ4n) is 2.96. The topological polar surface area (TPSA) is 29.1 Å². The van der Waals surface area contributed by atoms with Crippen LogP contribution < -0.4 is 5.32 Å². The molecule has 1 saturated carbocycles. The van der Waals surface area contributed by atoms with Crippen LogP contribution in [0.5, 0.6) is 0 Å². The standard InChI is InChI=1S/C17H24ClNO/c1-13-6-8-14(9-7-13)10-17(20)19-12-16-5-3-2-4-15(16)11-18/h6-9,15-16H,2-5,10-12H2,1H3,(H,19,20). The lowest BCUT2D eigenvalue weighted by molar-refractivity contribution is -0.120. The molecule has 1 N–H and O–H groups in total. The van der Waals surface area contributed by atoms with Crippen molar-refractivity contribution < 1.29 is 4.79 Å². The Morgan fingerprint density at radius 1 is 1.20 bits per heavy atom. The van der Waals surface area contributed by atoms with Crippen molar-refractivity contribution in [2.45, 2.75) is 39.0 Å². The van der Waals surface area contributed by atoms with Gasteiger partial charge in [0.15, 0.2) is 0 Å². The van der Waals surface area contributed by atoms with E-state index in [1.165, 1.54) is 31.2 Å². The van der Waals surface area contributed by atoms with Crippen LogP contribution in [0.4, 0.5) is 0 Å². The number of hydrogen-bond acceptors (Lipinski definition) is 1. The first-order valence-electron chi connectivity index (χ1n) is 7.57. The Bertz CT molecular complexity index is 429. The Morgan fingerprint density at radius 2 is 1.85 bits per heavy atom. The van der Waals surface area contributed by atoms with Crippen molar-refractivity contribution in [3.63, 3.8) is 0 Å². The Hall–Kier alpha value is -1.02. The molecule has 0 saturated heterocycles. The normalized spacial score (nSPS) is 22.5. The van der Waals surface area contributed by atoms with Crippen molar-refractivity contribution in [1.29, 1.82) is 0 Å². The van der Waals surface area contributed by atoms with Crippen molar-refractivity contribution in [1.82, 2.24) is 5.32 Å². The highest BCUT2D eigenvalue weighted by molar-refractivity contribution is 6.18. The summed E-state index contributed by atoms with van der Waals surface area (Å²) in [5.41, 5.74) is 2.30. The SMILES string of the molecule is Cc1ccc(CC(=O)NCC2CCCCC2CCl)cc1. The summed E-state index contributed by atoms with van der Waals surface area (Å²) in [4.78, 5) is 12.0. The summed E-state index contributed by atoms with van der Waals surface area (Å²) in [6.07, 6.45) is 5.43. The zero-order valence-corrected chi connectivity index (χ0v) is 13.0. The van der Waals surface area contributed by atoms with Crippen LogP contribution in [-0.2, 0) is 11.2 Å². The lowest BCUT2D eigenvalue weighted by atomic mass is 9.80. The molecule has 1 amide bonds. The van der Waals surface area contributed by atoms with Gasteiger partial charge in [0.25, 0.3) is 0 Å². The van der Waals surface area contributed by atoms with Crippen LogP contribution in [0.3, 0.4) is 0 Å². The number of halogens is 1. The summed E-state index contributed by atoms with van der Waals surface area (Å²) in [7, 11) is 0. The van der Waals surface area contributed by atoms with Gasteiger partial charge in [-0.15, -0.1) is 11.6 Å². The highest BCUT2D eigenvalue weighted by Crippen LogP contribution is 2.30. The number of rotatable bonds is 5. The van der Waals surface area contributed by atoms with Crippen LogP contribution in [0.1, 0.15) is 36.8 Å². The van der Waals surface area contributed by atoms with Crippen LogP contribution in [0, 0.1) is 18.8 Å². The van der Waals surface area contributed by atoms with Gasteiger partial charge in [0, 0.05) is 12.4 Å². The molecule has 2 nitrogen and oxygen atoms in total. The molecule has 110 valence electrons. The second kappa shape index (κ2) is 7.68. The molecule has 2 rings (SSSR count). The molecule has 0 aliphatic heterocycles. The summed E-state index contributed by atoms with van der Waals surface area (Å²) in [6.45, 7) is 2.83. The number of hydrogen-bond donors (Lipinski definition) is 1. The number of carbonyl (C=O) groups is 1. The average Bonchev–Trinajstić information content (AvgIpc) is 2.48. The van der Waals surface area contributed by atoms with E-state index in [0.717, 1.165) is 18.0 Å². The molecule has 1 aliphatic rings. The molecule has 1 aromatic carbocycles. The first kappa shape index (κ1) is 15.4. The first-order chi connectivity index (χ1) is 9.69. The number of carbonyl (C=O) groups excluding carboxylic acids is 1. The second-order valence-electron chi connectivity index (χ2n) is 5.93. The van der Waals surface area contributed by atoms with Gasteiger partial charge >= 0.3 is 0 Å². The van der Waals surface area contributed by atoms with Gasteiger partial charge in [0.2, 0.25) is 5.91 Å². The van der Waals surface area contributed by atoms with E-state index in [-0.39, 0.29) is 5.91 Å². The molecule has 0 bridgehead atoms. The minimum absolute atomic E-state index is 0.118.